The van der Waals surface area contributed by atoms with Gasteiger partial charge in [-0.25, -0.2) is 18.2 Å². The van der Waals surface area contributed by atoms with E-state index < -0.39 is 23.0 Å². The van der Waals surface area contributed by atoms with Crippen LogP contribution in [0.1, 0.15) is 5.56 Å². The van der Waals surface area contributed by atoms with Gasteiger partial charge in [0.05, 0.1) is 11.1 Å². The van der Waals surface area contributed by atoms with Gasteiger partial charge in [0, 0.05) is 18.4 Å². The number of hydrogen-bond donors (Lipinski definition) is 0. The van der Waals surface area contributed by atoms with Crippen LogP contribution in [0.3, 0.4) is 0 Å². The molecule has 1 heterocycles. The van der Waals surface area contributed by atoms with Crippen molar-refractivity contribution in [2.45, 2.75) is 0 Å². The first-order chi connectivity index (χ1) is 8.95. The minimum atomic E-state index is -1.08. The molecule has 0 N–H and O–H groups in total. The molecule has 0 bridgehead atoms. The van der Waals surface area contributed by atoms with Crippen molar-refractivity contribution >= 4 is 45.9 Å². The summed E-state index contributed by atoms with van der Waals surface area (Å²) in [6, 6.07) is 1.13. The Labute approximate surface area is 122 Å². The van der Waals surface area contributed by atoms with Crippen LogP contribution in [0.4, 0.5) is 13.2 Å². The number of aliphatic imine (C=N–C) groups is 1. The van der Waals surface area contributed by atoms with E-state index in [1.165, 1.54) is 16.3 Å². The topological polar surface area (TPSA) is 15.6 Å². The Morgan fingerprint density at radius 1 is 1.21 bits per heavy atom. The molecule has 0 unspecified atom stereocenters. The minimum absolute atomic E-state index is 0.0527. The van der Waals surface area contributed by atoms with Gasteiger partial charge in [-0.05, 0) is 0 Å². The van der Waals surface area contributed by atoms with Gasteiger partial charge in [0.25, 0.3) is 0 Å². The maximum Gasteiger partial charge on any atom is 0.137 e. The number of allylic oxidation sites excluding steroid dienone is 1. The molecule has 1 aliphatic heterocycles. The molecule has 0 radical (unpaired) electrons. The molecular formula is C11H7Cl2F3N2S. The van der Waals surface area contributed by atoms with Crippen molar-refractivity contribution in [1.29, 1.82) is 0 Å². The zero-order valence-corrected chi connectivity index (χ0v) is 11.9. The van der Waals surface area contributed by atoms with Crippen molar-refractivity contribution < 1.29 is 13.2 Å². The van der Waals surface area contributed by atoms with Gasteiger partial charge < -0.3 is 0 Å². The summed E-state index contributed by atoms with van der Waals surface area (Å²) >= 11 is 13.1. The molecule has 1 aromatic carbocycles. The lowest BCUT2D eigenvalue weighted by Crippen LogP contribution is -2.21. The highest BCUT2D eigenvalue weighted by Gasteiger charge is 2.27. The monoisotopic (exact) mass is 326 g/mol. The number of halogens is 5. The number of nitrogens with zero attached hydrogens (tertiary/aromatic N) is 2. The Bertz CT molecular complexity index is 566. The molecule has 2 rings (SSSR count). The molecule has 102 valence electrons. The van der Waals surface area contributed by atoms with Gasteiger partial charge in [-0.2, -0.15) is 0 Å². The van der Waals surface area contributed by atoms with Crippen molar-refractivity contribution in [2.75, 3.05) is 12.9 Å². The predicted molar refractivity (Wildman–Crippen MR) is 72.6 cm³/mol. The molecular weight excluding hydrogens is 320 g/mol. The molecule has 0 spiro atoms. The third-order valence-corrected chi connectivity index (χ3v) is 3.99. The molecule has 0 atom stereocenters. The fourth-order valence-corrected chi connectivity index (χ4v) is 2.76. The molecule has 19 heavy (non-hydrogen) atoms. The van der Waals surface area contributed by atoms with Crippen LogP contribution >= 0.6 is 35.1 Å². The van der Waals surface area contributed by atoms with E-state index in [2.05, 4.69) is 4.99 Å². The van der Waals surface area contributed by atoms with Crippen LogP contribution in [0.2, 0.25) is 0 Å². The second-order valence-corrected chi connectivity index (χ2v) is 5.08. The van der Waals surface area contributed by atoms with Crippen LogP contribution in [0.5, 0.6) is 0 Å². The largest absolute Gasteiger partial charge is 0.285 e. The van der Waals surface area contributed by atoms with Gasteiger partial charge in [-0.15, -0.1) is 0 Å². The second kappa shape index (κ2) is 5.64. The summed E-state index contributed by atoms with van der Waals surface area (Å²) in [5.41, 5.74) is -0.571. The zero-order valence-electron chi connectivity index (χ0n) is 9.55. The first-order valence-electron chi connectivity index (χ1n) is 5.02. The smallest absolute Gasteiger partial charge is 0.137 e. The SMILES string of the molecule is CSN1CN=C(Cl)C(c2c(F)cc(F)cc2F)=C1Cl. The Hall–Kier alpha value is -0.850. The van der Waals surface area contributed by atoms with E-state index in [0.29, 0.717) is 12.1 Å². The Morgan fingerprint density at radius 3 is 2.32 bits per heavy atom. The standard InChI is InChI=1S/C11H7Cl2F3N2S/c1-19-18-4-17-10(12)9(11(18)13)8-6(15)2-5(14)3-7(8)16/h2-3H,4H2,1H3. The van der Waals surface area contributed by atoms with Crippen molar-refractivity contribution in [2.24, 2.45) is 4.99 Å². The summed E-state index contributed by atoms with van der Waals surface area (Å²) in [6.07, 6.45) is 1.73. The third kappa shape index (κ3) is 2.70. The van der Waals surface area contributed by atoms with Gasteiger partial charge in [0.1, 0.15) is 34.4 Å². The maximum absolute atomic E-state index is 13.8. The molecule has 0 aromatic heterocycles. The van der Waals surface area contributed by atoms with Gasteiger partial charge in [-0.3, -0.25) is 4.31 Å². The van der Waals surface area contributed by atoms with Crippen molar-refractivity contribution in [3.8, 4) is 0 Å². The molecule has 0 amide bonds. The number of rotatable bonds is 2. The zero-order chi connectivity index (χ0) is 14.2. The van der Waals surface area contributed by atoms with Gasteiger partial charge in [0.2, 0.25) is 0 Å². The van der Waals surface area contributed by atoms with Crippen molar-refractivity contribution in [1.82, 2.24) is 4.31 Å². The van der Waals surface area contributed by atoms with Gasteiger partial charge in [-0.1, -0.05) is 35.1 Å². The van der Waals surface area contributed by atoms with Crippen LogP contribution in [-0.2, 0) is 0 Å². The average Bonchev–Trinajstić information content (AvgIpc) is 2.32. The summed E-state index contributed by atoms with van der Waals surface area (Å²) in [4.78, 5) is 3.91. The van der Waals surface area contributed by atoms with E-state index in [9.17, 15) is 13.2 Å². The third-order valence-electron chi connectivity index (χ3n) is 2.45. The highest BCUT2D eigenvalue weighted by molar-refractivity contribution is 7.96. The molecule has 2 nitrogen and oxygen atoms in total. The van der Waals surface area contributed by atoms with Crippen molar-refractivity contribution in [3.05, 3.63) is 40.3 Å². The van der Waals surface area contributed by atoms with E-state index in [1.807, 2.05) is 0 Å². The van der Waals surface area contributed by atoms with Crippen LogP contribution in [0, 0.1) is 17.5 Å². The predicted octanol–water partition coefficient (Wildman–Crippen LogP) is 4.20. The quantitative estimate of drug-likeness (QED) is 0.598. The first kappa shape index (κ1) is 14.6. The molecule has 0 aliphatic carbocycles. The Morgan fingerprint density at radius 2 is 1.79 bits per heavy atom. The maximum atomic E-state index is 13.8. The van der Waals surface area contributed by atoms with E-state index in [1.54, 1.807) is 6.26 Å². The summed E-state index contributed by atoms with van der Waals surface area (Å²) in [7, 11) is 0. The molecule has 1 aliphatic rings. The Kier molecular flexibility index (Phi) is 4.32. The lowest BCUT2D eigenvalue weighted by Gasteiger charge is -2.25. The summed E-state index contributed by atoms with van der Waals surface area (Å²) < 4.78 is 41.9. The molecule has 0 fully saturated rings. The van der Waals surface area contributed by atoms with Crippen molar-refractivity contribution in [3.63, 3.8) is 0 Å². The van der Waals surface area contributed by atoms with E-state index in [-0.39, 0.29) is 22.6 Å². The second-order valence-electron chi connectivity index (χ2n) is 3.56. The normalized spacial score (nSPS) is 15.9. The van der Waals surface area contributed by atoms with E-state index in [4.69, 9.17) is 23.2 Å². The van der Waals surface area contributed by atoms with Crippen LogP contribution in [0.15, 0.2) is 22.3 Å². The van der Waals surface area contributed by atoms with Crippen LogP contribution < -0.4 is 0 Å². The van der Waals surface area contributed by atoms with E-state index in [0.717, 1.165) is 0 Å². The fraction of sp³-hybridized carbons (Fsp3) is 0.182. The molecule has 1 aromatic rings. The first-order valence-corrected chi connectivity index (χ1v) is 6.96. The minimum Gasteiger partial charge on any atom is -0.285 e. The van der Waals surface area contributed by atoms with Gasteiger partial charge >= 0.3 is 0 Å². The summed E-state index contributed by atoms with van der Waals surface area (Å²) in [5, 5.41) is -0.0587. The van der Waals surface area contributed by atoms with Crippen LogP contribution in [-0.4, -0.2) is 22.4 Å². The molecule has 0 saturated heterocycles. The number of benzene rings is 1. The summed E-state index contributed by atoms with van der Waals surface area (Å²) in [6.45, 7) is 0.173. The Balaban J connectivity index is 2.66. The fourth-order valence-electron chi connectivity index (χ4n) is 1.60. The number of hydrogen-bond acceptors (Lipinski definition) is 3. The lowest BCUT2D eigenvalue weighted by molar-refractivity contribution is 0.538. The summed E-state index contributed by atoms with van der Waals surface area (Å²) in [5.74, 6) is -3.18. The lowest BCUT2D eigenvalue weighted by atomic mass is 10.1. The molecule has 8 heteroatoms. The highest BCUT2D eigenvalue weighted by Crippen LogP contribution is 2.36. The van der Waals surface area contributed by atoms with E-state index >= 15 is 0 Å². The van der Waals surface area contributed by atoms with Gasteiger partial charge in [0.15, 0.2) is 0 Å². The average molecular weight is 327 g/mol. The van der Waals surface area contributed by atoms with Crippen LogP contribution in [0.25, 0.3) is 5.57 Å². The highest BCUT2D eigenvalue weighted by atomic mass is 35.5. The molecule has 0 saturated carbocycles.